The predicted molar refractivity (Wildman–Crippen MR) is 63.1 cm³/mol. The van der Waals surface area contributed by atoms with Gasteiger partial charge in [-0.2, -0.15) is 0 Å². The van der Waals surface area contributed by atoms with Crippen molar-refractivity contribution < 1.29 is 4.79 Å². The zero-order valence-corrected chi connectivity index (χ0v) is 8.86. The molecule has 0 heterocycles. The fourth-order valence-electron chi connectivity index (χ4n) is 1.88. The van der Waals surface area contributed by atoms with Gasteiger partial charge in [-0.1, -0.05) is 42.0 Å². The van der Waals surface area contributed by atoms with Gasteiger partial charge < -0.3 is 4.79 Å². The third-order valence-electron chi connectivity index (χ3n) is 2.66. The normalized spacial score (nSPS) is 10.5. The molecule has 0 aromatic heterocycles. The van der Waals surface area contributed by atoms with Crippen LogP contribution in [0, 0.1) is 6.92 Å². The minimum Gasteiger partial charge on any atom is -0.303 e. The Morgan fingerprint density at radius 1 is 1.20 bits per heavy atom. The molecule has 15 heavy (non-hydrogen) atoms. The van der Waals surface area contributed by atoms with Gasteiger partial charge in [-0.25, -0.2) is 0 Å². The van der Waals surface area contributed by atoms with E-state index in [0.717, 1.165) is 12.7 Å². The van der Waals surface area contributed by atoms with E-state index < -0.39 is 0 Å². The Labute approximate surface area is 89.7 Å². The van der Waals surface area contributed by atoms with Crippen molar-refractivity contribution in [1.82, 2.24) is 0 Å². The maximum absolute atomic E-state index is 10.4. The summed E-state index contributed by atoms with van der Waals surface area (Å²) in [6.45, 7) is 2.09. The third-order valence-corrected chi connectivity index (χ3v) is 2.66. The summed E-state index contributed by atoms with van der Waals surface area (Å²) in [5.41, 5.74) is 2.53. The minimum absolute atomic E-state index is 0.604. The standard InChI is InChI=1S/C14H14O/c1-11-7-8-13-5-2-4-12(6-3-9-15)14(13)10-11/h2,4-5,7-10H,3,6H2,1H3. The fourth-order valence-corrected chi connectivity index (χ4v) is 1.88. The van der Waals surface area contributed by atoms with Crippen molar-refractivity contribution >= 4 is 17.1 Å². The van der Waals surface area contributed by atoms with Gasteiger partial charge in [-0.3, -0.25) is 0 Å². The first-order valence-corrected chi connectivity index (χ1v) is 5.23. The Hall–Kier alpha value is -1.63. The smallest absolute Gasteiger partial charge is 0.120 e. The van der Waals surface area contributed by atoms with E-state index in [-0.39, 0.29) is 0 Å². The monoisotopic (exact) mass is 198 g/mol. The van der Waals surface area contributed by atoms with Crippen molar-refractivity contribution in [3.05, 3.63) is 47.5 Å². The highest BCUT2D eigenvalue weighted by Gasteiger charge is 2.00. The number of aldehydes is 1. The van der Waals surface area contributed by atoms with Crippen LogP contribution in [0.1, 0.15) is 17.5 Å². The van der Waals surface area contributed by atoms with Crippen LogP contribution < -0.4 is 0 Å². The third kappa shape index (κ3) is 2.07. The van der Waals surface area contributed by atoms with Gasteiger partial charge in [0.15, 0.2) is 0 Å². The van der Waals surface area contributed by atoms with Gasteiger partial charge in [0.05, 0.1) is 0 Å². The maximum Gasteiger partial charge on any atom is 0.120 e. The molecule has 0 N–H and O–H groups in total. The molecule has 0 aliphatic heterocycles. The number of carbonyl (C=O) groups is 1. The first-order chi connectivity index (χ1) is 7.31. The molecule has 76 valence electrons. The Bertz CT molecular complexity index is 486. The number of rotatable bonds is 3. The first kappa shape index (κ1) is 9.91. The van der Waals surface area contributed by atoms with Gasteiger partial charge in [0.2, 0.25) is 0 Å². The SMILES string of the molecule is Cc1ccc2cccc(CCC=O)c2c1. The van der Waals surface area contributed by atoms with Crippen molar-refractivity contribution in [3.8, 4) is 0 Å². The van der Waals surface area contributed by atoms with E-state index in [2.05, 4.69) is 43.3 Å². The molecule has 0 saturated heterocycles. The summed E-state index contributed by atoms with van der Waals surface area (Å²) in [6, 6.07) is 12.7. The molecule has 2 rings (SSSR count). The summed E-state index contributed by atoms with van der Waals surface area (Å²) in [5.74, 6) is 0. The van der Waals surface area contributed by atoms with Gasteiger partial charge in [0.1, 0.15) is 6.29 Å². The van der Waals surface area contributed by atoms with Crippen molar-refractivity contribution in [1.29, 1.82) is 0 Å². The highest BCUT2D eigenvalue weighted by Crippen LogP contribution is 2.21. The highest BCUT2D eigenvalue weighted by atomic mass is 16.1. The highest BCUT2D eigenvalue weighted by molar-refractivity contribution is 5.86. The summed E-state index contributed by atoms with van der Waals surface area (Å²) in [5, 5.41) is 2.53. The molecule has 0 bridgehead atoms. The van der Waals surface area contributed by atoms with Gasteiger partial charge in [0.25, 0.3) is 0 Å². The summed E-state index contributed by atoms with van der Waals surface area (Å²) in [7, 11) is 0. The van der Waals surface area contributed by atoms with E-state index in [1.54, 1.807) is 0 Å². The molecule has 0 unspecified atom stereocenters. The molecule has 0 amide bonds. The van der Waals surface area contributed by atoms with E-state index in [1.165, 1.54) is 21.9 Å². The number of carbonyl (C=O) groups excluding carboxylic acids is 1. The second kappa shape index (κ2) is 4.26. The van der Waals surface area contributed by atoms with E-state index in [1.807, 2.05) is 0 Å². The molecule has 0 saturated carbocycles. The lowest BCUT2D eigenvalue weighted by Crippen LogP contribution is -1.88. The van der Waals surface area contributed by atoms with Gasteiger partial charge in [-0.15, -0.1) is 0 Å². The molecule has 1 heteroatoms. The molecule has 1 nitrogen and oxygen atoms in total. The second-order valence-electron chi connectivity index (χ2n) is 3.85. The number of benzene rings is 2. The number of aryl methyl sites for hydroxylation is 2. The van der Waals surface area contributed by atoms with Crippen molar-refractivity contribution in [2.24, 2.45) is 0 Å². The molecular formula is C14H14O. The lowest BCUT2D eigenvalue weighted by Gasteiger charge is -2.05. The molecular weight excluding hydrogens is 184 g/mol. The average molecular weight is 198 g/mol. The van der Waals surface area contributed by atoms with Crippen LogP contribution in [0.3, 0.4) is 0 Å². The molecule has 2 aromatic carbocycles. The van der Waals surface area contributed by atoms with Crippen LogP contribution in [0.25, 0.3) is 10.8 Å². The van der Waals surface area contributed by atoms with Gasteiger partial charge in [-0.05, 0) is 29.7 Å². The van der Waals surface area contributed by atoms with Gasteiger partial charge >= 0.3 is 0 Å². The quantitative estimate of drug-likeness (QED) is 0.692. The molecule has 2 aromatic rings. The maximum atomic E-state index is 10.4. The zero-order chi connectivity index (χ0) is 10.7. The van der Waals surface area contributed by atoms with Crippen LogP contribution in [0.4, 0.5) is 0 Å². The largest absolute Gasteiger partial charge is 0.303 e. The fraction of sp³-hybridized carbons (Fsp3) is 0.214. The van der Waals surface area contributed by atoms with Crippen LogP contribution >= 0.6 is 0 Å². The van der Waals surface area contributed by atoms with Crippen LogP contribution in [0.15, 0.2) is 36.4 Å². The van der Waals surface area contributed by atoms with Crippen LogP contribution in [-0.2, 0) is 11.2 Å². The molecule has 0 atom stereocenters. The Morgan fingerprint density at radius 3 is 2.87 bits per heavy atom. The van der Waals surface area contributed by atoms with Crippen molar-refractivity contribution in [2.75, 3.05) is 0 Å². The summed E-state index contributed by atoms with van der Waals surface area (Å²) in [6.07, 6.45) is 2.42. The van der Waals surface area contributed by atoms with Crippen LogP contribution in [-0.4, -0.2) is 6.29 Å². The number of fused-ring (bicyclic) bond motifs is 1. The van der Waals surface area contributed by atoms with Crippen molar-refractivity contribution in [2.45, 2.75) is 19.8 Å². The molecule has 0 aliphatic rings. The van der Waals surface area contributed by atoms with Gasteiger partial charge in [0, 0.05) is 6.42 Å². The summed E-state index contributed by atoms with van der Waals surface area (Å²) in [4.78, 5) is 10.4. The Balaban J connectivity index is 2.52. The Kier molecular flexibility index (Phi) is 2.82. The molecule has 0 spiro atoms. The predicted octanol–water partition coefficient (Wildman–Crippen LogP) is 3.28. The van der Waals surface area contributed by atoms with E-state index in [4.69, 9.17) is 0 Å². The first-order valence-electron chi connectivity index (χ1n) is 5.23. The van der Waals surface area contributed by atoms with E-state index in [9.17, 15) is 4.79 Å². The lowest BCUT2D eigenvalue weighted by atomic mass is 9.99. The minimum atomic E-state index is 0.604. The van der Waals surface area contributed by atoms with Crippen LogP contribution in [0.2, 0.25) is 0 Å². The van der Waals surface area contributed by atoms with E-state index >= 15 is 0 Å². The Morgan fingerprint density at radius 2 is 2.07 bits per heavy atom. The summed E-state index contributed by atoms with van der Waals surface area (Å²) < 4.78 is 0. The van der Waals surface area contributed by atoms with Crippen LogP contribution in [0.5, 0.6) is 0 Å². The molecule has 0 radical (unpaired) electrons. The average Bonchev–Trinajstić information content (AvgIpc) is 2.26. The zero-order valence-electron chi connectivity index (χ0n) is 8.86. The number of hydrogen-bond donors (Lipinski definition) is 0. The summed E-state index contributed by atoms with van der Waals surface area (Å²) >= 11 is 0. The van der Waals surface area contributed by atoms with Crippen molar-refractivity contribution in [3.63, 3.8) is 0 Å². The van der Waals surface area contributed by atoms with E-state index in [0.29, 0.717) is 6.42 Å². The second-order valence-corrected chi connectivity index (χ2v) is 3.85. The molecule has 0 aliphatic carbocycles. The number of hydrogen-bond acceptors (Lipinski definition) is 1. The lowest BCUT2D eigenvalue weighted by molar-refractivity contribution is -0.107. The topological polar surface area (TPSA) is 17.1 Å². The molecule has 0 fully saturated rings.